The van der Waals surface area contributed by atoms with Gasteiger partial charge in [0.2, 0.25) is 5.91 Å². The van der Waals surface area contributed by atoms with Crippen LogP contribution >= 0.6 is 11.8 Å². The van der Waals surface area contributed by atoms with Crippen LogP contribution in [0.3, 0.4) is 0 Å². The van der Waals surface area contributed by atoms with Gasteiger partial charge in [-0.3, -0.25) is 4.79 Å². The third-order valence-electron chi connectivity index (χ3n) is 4.78. The Bertz CT molecular complexity index is 918. The zero-order chi connectivity index (χ0) is 20.1. The van der Waals surface area contributed by atoms with Gasteiger partial charge in [0.25, 0.3) is 0 Å². The smallest absolute Gasteiger partial charge is 0.223 e. The van der Waals surface area contributed by atoms with Gasteiger partial charge in [-0.25, -0.2) is 9.67 Å². The van der Waals surface area contributed by atoms with E-state index in [1.807, 2.05) is 23.7 Å². The van der Waals surface area contributed by atoms with Crippen LogP contribution in [0.25, 0.3) is 5.82 Å². The zero-order valence-corrected chi connectivity index (χ0v) is 16.9. The van der Waals surface area contributed by atoms with E-state index in [0.717, 1.165) is 42.7 Å². The van der Waals surface area contributed by atoms with E-state index in [1.165, 1.54) is 6.33 Å². The second-order valence-electron chi connectivity index (χ2n) is 6.72. The van der Waals surface area contributed by atoms with E-state index in [1.54, 1.807) is 29.1 Å². The Morgan fingerprint density at radius 2 is 1.97 bits per heavy atom. The highest BCUT2D eigenvalue weighted by Gasteiger charge is 2.25. The summed E-state index contributed by atoms with van der Waals surface area (Å²) in [5, 5.41) is 24.3. The number of anilines is 1. The summed E-state index contributed by atoms with van der Waals surface area (Å²) in [4.78, 5) is 18.5. The van der Waals surface area contributed by atoms with Crippen LogP contribution in [0.4, 0.5) is 5.82 Å². The van der Waals surface area contributed by atoms with Gasteiger partial charge in [-0.15, -0.1) is 20.4 Å². The predicted octanol–water partition coefficient (Wildman–Crippen LogP) is 0.311. The van der Waals surface area contributed by atoms with Crippen molar-refractivity contribution in [1.82, 2.24) is 45.0 Å². The summed E-state index contributed by atoms with van der Waals surface area (Å²) in [5.41, 5.74) is 0. The lowest BCUT2D eigenvalue weighted by atomic mass is 9.96. The van der Waals surface area contributed by atoms with Crippen molar-refractivity contribution in [3.05, 3.63) is 31.1 Å². The molecule has 1 aliphatic heterocycles. The molecule has 0 radical (unpaired) electrons. The molecule has 1 N–H and O–H groups in total. The van der Waals surface area contributed by atoms with E-state index in [9.17, 15) is 4.79 Å². The summed E-state index contributed by atoms with van der Waals surface area (Å²) in [6.07, 6.45) is 6.31. The summed E-state index contributed by atoms with van der Waals surface area (Å²) in [6.45, 7) is 2.18. The lowest BCUT2D eigenvalue weighted by Crippen LogP contribution is -2.41. The SMILES string of the molecule is Cn1cnnc1SCCNC(=O)C1CCN(c2ccc(-n3cncn3)nn2)CC1. The van der Waals surface area contributed by atoms with Gasteiger partial charge in [-0.1, -0.05) is 11.8 Å². The minimum absolute atomic E-state index is 0.0356. The molecule has 0 unspecified atom stereocenters. The molecule has 1 saturated heterocycles. The van der Waals surface area contributed by atoms with E-state index < -0.39 is 0 Å². The second-order valence-corrected chi connectivity index (χ2v) is 7.78. The number of nitrogens with one attached hydrogen (secondary N) is 1. The van der Waals surface area contributed by atoms with Crippen molar-refractivity contribution in [3.63, 3.8) is 0 Å². The van der Waals surface area contributed by atoms with Crippen LogP contribution in [0.2, 0.25) is 0 Å². The molecular weight excluding hydrogens is 392 g/mol. The molecule has 152 valence electrons. The third kappa shape index (κ3) is 4.70. The molecule has 29 heavy (non-hydrogen) atoms. The van der Waals surface area contributed by atoms with Gasteiger partial charge >= 0.3 is 0 Å². The molecule has 0 atom stereocenters. The molecule has 3 aromatic heterocycles. The van der Waals surface area contributed by atoms with Crippen molar-refractivity contribution >= 4 is 23.5 Å². The number of carbonyl (C=O) groups is 1. The molecule has 0 bridgehead atoms. The molecule has 1 amide bonds. The van der Waals surface area contributed by atoms with E-state index in [-0.39, 0.29) is 11.8 Å². The maximum atomic E-state index is 12.4. The van der Waals surface area contributed by atoms with Crippen molar-refractivity contribution in [1.29, 1.82) is 0 Å². The van der Waals surface area contributed by atoms with E-state index in [4.69, 9.17) is 0 Å². The van der Waals surface area contributed by atoms with Gasteiger partial charge in [-0.05, 0) is 25.0 Å². The maximum absolute atomic E-state index is 12.4. The van der Waals surface area contributed by atoms with Gasteiger partial charge in [0.1, 0.15) is 19.0 Å². The number of amides is 1. The molecular formula is C17H22N10OS. The van der Waals surface area contributed by atoms with E-state index in [0.29, 0.717) is 12.4 Å². The maximum Gasteiger partial charge on any atom is 0.223 e. The Labute approximate surface area is 171 Å². The van der Waals surface area contributed by atoms with E-state index >= 15 is 0 Å². The normalized spacial score (nSPS) is 14.9. The van der Waals surface area contributed by atoms with Crippen LogP contribution in [0, 0.1) is 5.92 Å². The van der Waals surface area contributed by atoms with Crippen LogP contribution in [0.15, 0.2) is 36.3 Å². The average Bonchev–Trinajstić information content (AvgIpc) is 3.43. The van der Waals surface area contributed by atoms with Gasteiger partial charge in [0.05, 0.1) is 0 Å². The fraction of sp³-hybridized carbons (Fsp3) is 0.471. The molecule has 1 aliphatic rings. The Balaban J connectivity index is 1.20. The van der Waals surface area contributed by atoms with Crippen LogP contribution in [0.5, 0.6) is 0 Å². The van der Waals surface area contributed by atoms with Crippen molar-refractivity contribution in [3.8, 4) is 5.82 Å². The number of hydrogen-bond acceptors (Lipinski definition) is 9. The Hall–Kier alpha value is -3.02. The third-order valence-corrected chi connectivity index (χ3v) is 5.82. The van der Waals surface area contributed by atoms with Gasteiger partial charge in [0, 0.05) is 38.4 Å². The highest BCUT2D eigenvalue weighted by Crippen LogP contribution is 2.22. The zero-order valence-electron chi connectivity index (χ0n) is 16.0. The quantitative estimate of drug-likeness (QED) is 0.430. The van der Waals surface area contributed by atoms with Crippen molar-refractivity contribution < 1.29 is 4.79 Å². The highest BCUT2D eigenvalue weighted by atomic mass is 32.2. The summed E-state index contributed by atoms with van der Waals surface area (Å²) >= 11 is 1.58. The van der Waals surface area contributed by atoms with Gasteiger partial charge in [0.15, 0.2) is 16.8 Å². The Morgan fingerprint density at radius 3 is 2.62 bits per heavy atom. The number of rotatable bonds is 7. The first kappa shape index (κ1) is 19.3. The first-order valence-electron chi connectivity index (χ1n) is 9.39. The van der Waals surface area contributed by atoms with Crippen LogP contribution in [-0.2, 0) is 11.8 Å². The number of nitrogens with zero attached hydrogens (tertiary/aromatic N) is 9. The number of thioether (sulfide) groups is 1. The lowest BCUT2D eigenvalue weighted by molar-refractivity contribution is -0.125. The summed E-state index contributed by atoms with van der Waals surface area (Å²) in [6, 6.07) is 3.79. The van der Waals surface area contributed by atoms with Crippen LogP contribution < -0.4 is 10.2 Å². The molecule has 0 spiro atoms. The largest absolute Gasteiger partial charge is 0.355 e. The first-order chi connectivity index (χ1) is 14.2. The number of hydrogen-bond donors (Lipinski definition) is 1. The highest BCUT2D eigenvalue weighted by molar-refractivity contribution is 7.99. The molecule has 0 saturated carbocycles. The number of piperidine rings is 1. The molecule has 3 aromatic rings. The minimum atomic E-state index is 0.0356. The predicted molar refractivity (Wildman–Crippen MR) is 107 cm³/mol. The minimum Gasteiger partial charge on any atom is -0.355 e. The molecule has 4 heterocycles. The summed E-state index contributed by atoms with van der Waals surface area (Å²) in [5.74, 6) is 2.36. The second kappa shape index (κ2) is 8.99. The van der Waals surface area contributed by atoms with E-state index in [2.05, 4.69) is 40.7 Å². The number of aryl methyl sites for hydroxylation is 1. The fourth-order valence-electron chi connectivity index (χ4n) is 3.17. The van der Waals surface area contributed by atoms with Crippen LogP contribution in [0.1, 0.15) is 12.8 Å². The summed E-state index contributed by atoms with van der Waals surface area (Å²) in [7, 11) is 1.90. The molecule has 0 aliphatic carbocycles. The average molecular weight is 414 g/mol. The molecule has 4 rings (SSSR count). The van der Waals surface area contributed by atoms with Crippen molar-refractivity contribution in [2.75, 3.05) is 30.3 Å². The Kier molecular flexibility index (Phi) is 5.98. The number of carbonyl (C=O) groups excluding carboxylic acids is 1. The lowest BCUT2D eigenvalue weighted by Gasteiger charge is -2.31. The Morgan fingerprint density at radius 1 is 1.17 bits per heavy atom. The topological polar surface area (TPSA) is 120 Å². The molecule has 1 fully saturated rings. The molecule has 12 heteroatoms. The number of aromatic nitrogens is 8. The van der Waals surface area contributed by atoms with Crippen molar-refractivity contribution in [2.24, 2.45) is 13.0 Å². The molecule has 0 aromatic carbocycles. The van der Waals surface area contributed by atoms with Crippen LogP contribution in [-0.4, -0.2) is 71.0 Å². The monoisotopic (exact) mass is 414 g/mol. The van der Waals surface area contributed by atoms with Gasteiger partial charge in [-0.2, -0.15) is 5.10 Å². The standard InChI is InChI=1S/C17H22N10OS/c1-25-12-20-24-17(25)29-9-6-19-16(28)13-4-7-26(8-5-13)14-2-3-15(23-22-14)27-11-18-10-21-27/h2-3,10-13H,4-9H2,1H3,(H,19,28). The fourth-order valence-corrected chi connectivity index (χ4v) is 3.91. The molecule has 11 nitrogen and oxygen atoms in total. The first-order valence-corrected chi connectivity index (χ1v) is 10.4. The summed E-state index contributed by atoms with van der Waals surface area (Å²) < 4.78 is 3.43. The van der Waals surface area contributed by atoms with Crippen molar-refractivity contribution in [2.45, 2.75) is 18.0 Å². The van der Waals surface area contributed by atoms with Gasteiger partial charge < -0.3 is 14.8 Å².